The van der Waals surface area contributed by atoms with Gasteiger partial charge in [-0.2, -0.15) is 0 Å². The van der Waals surface area contributed by atoms with Crippen LogP contribution in [-0.4, -0.2) is 21.4 Å². The van der Waals surface area contributed by atoms with Crippen molar-refractivity contribution in [3.63, 3.8) is 0 Å². The minimum atomic E-state index is -0.557. The van der Waals surface area contributed by atoms with Crippen LogP contribution in [0.4, 0.5) is 5.69 Å². The van der Waals surface area contributed by atoms with Crippen molar-refractivity contribution in [2.45, 2.75) is 17.0 Å². The number of aryl methyl sites for hydroxylation is 1. The van der Waals surface area contributed by atoms with Gasteiger partial charge in [0.2, 0.25) is 5.89 Å². The maximum absolute atomic E-state index is 10.9. The molecule has 0 unspecified atom stereocenters. The summed E-state index contributed by atoms with van der Waals surface area (Å²) in [7, 11) is 0. The number of nitro groups is 1. The number of hydrogen-bond acceptors (Lipinski definition) is 7. The lowest BCUT2D eigenvalue weighted by Crippen LogP contribution is -1.93. The quantitative estimate of drug-likeness (QED) is 0.474. The lowest BCUT2D eigenvalue weighted by molar-refractivity contribution is -0.387. The molecule has 2 aromatic rings. The first-order chi connectivity index (χ1) is 8.60. The minimum absolute atomic E-state index is 0.166. The molecule has 0 bridgehead atoms. The molecule has 1 aromatic carbocycles. The first-order valence-corrected chi connectivity index (χ1v) is 5.63. The molecule has 92 valence electrons. The molecule has 0 fully saturated rings. The second-order valence-electron chi connectivity index (χ2n) is 3.29. The molecule has 0 saturated carbocycles. The summed E-state index contributed by atoms with van der Waals surface area (Å²) in [6.07, 6.45) is 0.554. The summed E-state index contributed by atoms with van der Waals surface area (Å²) >= 11 is 0.985. The van der Waals surface area contributed by atoms with Crippen LogP contribution < -0.4 is 0 Å². The van der Waals surface area contributed by atoms with Crippen LogP contribution in [-0.2, 0) is 0 Å². The normalized spacial score (nSPS) is 10.3. The SMILES string of the molecule is Cc1nnc(Sc2ccc(C=O)cc2[N+](=O)[O-])o1. The molecule has 0 aliphatic rings. The Balaban J connectivity index is 2.37. The lowest BCUT2D eigenvalue weighted by Gasteiger charge is -1.99. The molecule has 0 aliphatic carbocycles. The van der Waals surface area contributed by atoms with E-state index in [4.69, 9.17) is 4.42 Å². The number of hydrogen-bond donors (Lipinski definition) is 0. The number of nitro benzene ring substituents is 1. The van der Waals surface area contributed by atoms with Gasteiger partial charge in [0.25, 0.3) is 10.9 Å². The van der Waals surface area contributed by atoms with Crippen molar-refractivity contribution in [1.82, 2.24) is 10.2 Å². The van der Waals surface area contributed by atoms with Gasteiger partial charge in [-0.1, -0.05) is 6.07 Å². The highest BCUT2D eigenvalue weighted by Crippen LogP contribution is 2.34. The summed E-state index contributed by atoms with van der Waals surface area (Å²) in [6, 6.07) is 4.18. The fraction of sp³-hybridized carbons (Fsp3) is 0.100. The monoisotopic (exact) mass is 265 g/mol. The van der Waals surface area contributed by atoms with E-state index < -0.39 is 4.92 Å². The first-order valence-electron chi connectivity index (χ1n) is 4.81. The van der Waals surface area contributed by atoms with E-state index in [2.05, 4.69) is 10.2 Å². The topological polar surface area (TPSA) is 99.1 Å². The number of carbonyl (C=O) groups is 1. The van der Waals surface area contributed by atoms with E-state index in [1.165, 1.54) is 18.2 Å². The Labute approximate surface area is 105 Å². The zero-order valence-corrected chi connectivity index (χ0v) is 10.0. The largest absolute Gasteiger partial charge is 0.416 e. The summed E-state index contributed by atoms with van der Waals surface area (Å²) < 4.78 is 5.13. The maximum Gasteiger partial charge on any atom is 0.284 e. The molecule has 0 N–H and O–H groups in total. The Bertz CT molecular complexity index is 611. The molecule has 1 aromatic heterocycles. The number of benzene rings is 1. The number of aromatic nitrogens is 2. The van der Waals surface area contributed by atoms with E-state index in [1.807, 2.05) is 0 Å². The molecule has 18 heavy (non-hydrogen) atoms. The van der Waals surface area contributed by atoms with Gasteiger partial charge >= 0.3 is 0 Å². The summed E-state index contributed by atoms with van der Waals surface area (Å²) in [5, 5.41) is 18.5. The molecule has 0 spiro atoms. The van der Waals surface area contributed by atoms with Crippen molar-refractivity contribution in [3.05, 3.63) is 39.8 Å². The van der Waals surface area contributed by atoms with Crippen molar-refractivity contribution < 1.29 is 14.1 Å². The van der Waals surface area contributed by atoms with Gasteiger partial charge in [0.05, 0.1) is 9.82 Å². The van der Waals surface area contributed by atoms with Gasteiger partial charge in [-0.05, 0) is 17.8 Å². The van der Waals surface area contributed by atoms with E-state index in [9.17, 15) is 14.9 Å². The average molecular weight is 265 g/mol. The molecular weight excluding hydrogens is 258 g/mol. The van der Waals surface area contributed by atoms with E-state index >= 15 is 0 Å². The third-order valence-corrected chi connectivity index (χ3v) is 2.93. The zero-order valence-electron chi connectivity index (χ0n) is 9.19. The van der Waals surface area contributed by atoms with Crippen LogP contribution in [0.2, 0.25) is 0 Å². The second kappa shape index (κ2) is 4.96. The molecule has 0 atom stereocenters. The van der Waals surface area contributed by atoms with Crippen LogP contribution >= 0.6 is 11.8 Å². The van der Waals surface area contributed by atoms with Gasteiger partial charge in [0, 0.05) is 18.6 Å². The minimum Gasteiger partial charge on any atom is -0.416 e. The van der Waals surface area contributed by atoms with Crippen LogP contribution in [0.25, 0.3) is 0 Å². The van der Waals surface area contributed by atoms with E-state index in [-0.39, 0.29) is 16.5 Å². The van der Waals surface area contributed by atoms with E-state index in [0.717, 1.165) is 11.8 Å². The zero-order chi connectivity index (χ0) is 13.1. The van der Waals surface area contributed by atoms with E-state index in [0.29, 0.717) is 17.1 Å². The number of nitrogens with zero attached hydrogens (tertiary/aromatic N) is 3. The smallest absolute Gasteiger partial charge is 0.284 e. The molecule has 0 aliphatic heterocycles. The highest BCUT2D eigenvalue weighted by Gasteiger charge is 2.18. The number of rotatable bonds is 4. The van der Waals surface area contributed by atoms with Crippen LogP contribution in [0.5, 0.6) is 0 Å². The predicted octanol–water partition coefficient (Wildman–Crippen LogP) is 2.25. The van der Waals surface area contributed by atoms with Gasteiger partial charge in [-0.25, -0.2) is 0 Å². The number of aldehydes is 1. The Morgan fingerprint density at radius 2 is 2.22 bits per heavy atom. The third kappa shape index (κ3) is 2.54. The van der Waals surface area contributed by atoms with Crippen LogP contribution in [0, 0.1) is 17.0 Å². The third-order valence-electron chi connectivity index (χ3n) is 2.02. The van der Waals surface area contributed by atoms with Gasteiger partial charge in [-0.15, -0.1) is 10.2 Å². The van der Waals surface area contributed by atoms with Crippen LogP contribution in [0.3, 0.4) is 0 Å². The van der Waals surface area contributed by atoms with Crippen molar-refractivity contribution >= 4 is 23.7 Å². The van der Waals surface area contributed by atoms with Crippen molar-refractivity contribution in [3.8, 4) is 0 Å². The highest BCUT2D eigenvalue weighted by atomic mass is 32.2. The average Bonchev–Trinajstić information content (AvgIpc) is 2.75. The molecule has 1 heterocycles. The summed E-state index contributed by atoms with van der Waals surface area (Å²) in [5.41, 5.74) is 0.0770. The summed E-state index contributed by atoms with van der Waals surface area (Å²) in [5.74, 6) is 0.379. The van der Waals surface area contributed by atoms with Crippen molar-refractivity contribution in [1.29, 1.82) is 0 Å². The van der Waals surface area contributed by atoms with Crippen molar-refractivity contribution in [2.24, 2.45) is 0 Å². The van der Waals surface area contributed by atoms with Crippen LogP contribution in [0.1, 0.15) is 16.2 Å². The Morgan fingerprint density at radius 3 is 2.78 bits per heavy atom. The molecule has 0 amide bonds. The molecular formula is C10H7N3O4S. The molecule has 0 radical (unpaired) electrons. The molecule has 8 heteroatoms. The van der Waals surface area contributed by atoms with E-state index in [1.54, 1.807) is 6.92 Å². The Kier molecular flexibility index (Phi) is 3.38. The molecule has 2 rings (SSSR count). The van der Waals surface area contributed by atoms with Crippen LogP contribution in [0.15, 0.2) is 32.7 Å². The fourth-order valence-corrected chi connectivity index (χ4v) is 2.06. The summed E-state index contributed by atoms with van der Waals surface area (Å²) in [6.45, 7) is 1.63. The fourth-order valence-electron chi connectivity index (χ4n) is 1.25. The van der Waals surface area contributed by atoms with Gasteiger partial charge in [0.1, 0.15) is 6.29 Å². The Morgan fingerprint density at radius 1 is 1.44 bits per heavy atom. The lowest BCUT2D eigenvalue weighted by atomic mass is 10.2. The highest BCUT2D eigenvalue weighted by molar-refractivity contribution is 7.99. The maximum atomic E-state index is 10.9. The van der Waals surface area contributed by atoms with Gasteiger partial charge < -0.3 is 4.42 Å². The predicted molar refractivity (Wildman–Crippen MR) is 61.6 cm³/mol. The molecule has 7 nitrogen and oxygen atoms in total. The van der Waals surface area contributed by atoms with Gasteiger partial charge in [0.15, 0.2) is 0 Å². The summed E-state index contributed by atoms with van der Waals surface area (Å²) in [4.78, 5) is 21.3. The Hall–Kier alpha value is -2.22. The first kappa shape index (κ1) is 12.2. The van der Waals surface area contributed by atoms with Crippen molar-refractivity contribution in [2.75, 3.05) is 0 Å². The van der Waals surface area contributed by atoms with Gasteiger partial charge in [-0.3, -0.25) is 14.9 Å². The standard InChI is InChI=1S/C10H7N3O4S/c1-6-11-12-10(17-6)18-9-3-2-7(5-14)4-8(9)13(15)16/h2-5H,1H3. The molecule has 0 saturated heterocycles. The second-order valence-corrected chi connectivity index (χ2v) is 4.28. The number of carbonyl (C=O) groups excluding carboxylic acids is 1.